The zero-order valence-corrected chi connectivity index (χ0v) is 16.3. The molecule has 2 aromatic heterocycles. The minimum Gasteiger partial charge on any atom is -0.451 e. The Balaban J connectivity index is 1.62. The molecule has 7 nitrogen and oxygen atoms in total. The maximum absolute atomic E-state index is 12.7. The molecule has 1 atom stereocenters. The summed E-state index contributed by atoms with van der Waals surface area (Å²) in [6.45, 7) is 5.57. The zero-order valence-electron chi connectivity index (χ0n) is 15.4. The van der Waals surface area contributed by atoms with Gasteiger partial charge in [-0.15, -0.1) is 0 Å². The van der Waals surface area contributed by atoms with E-state index in [1.807, 2.05) is 32.0 Å². The minimum atomic E-state index is -3.01. The molecule has 8 heteroatoms. The number of carbonyl (C=O) groups is 1. The van der Waals surface area contributed by atoms with E-state index in [0.717, 1.165) is 16.6 Å². The number of amides is 1. The highest BCUT2D eigenvalue weighted by molar-refractivity contribution is 7.91. The standard InChI is InChI=1S/C19H21N3O4S/c1-11-5-4-6-14-9-16(26-18(11)14)19(23)20-17-12(2)21-22(13(17)3)15-7-8-27(24,25)10-15/h4-6,9,15H,7-8,10H2,1-3H3,(H,20,23). The average molecular weight is 387 g/mol. The van der Waals surface area contributed by atoms with Gasteiger partial charge in [-0.3, -0.25) is 9.48 Å². The van der Waals surface area contributed by atoms with Crippen molar-refractivity contribution in [2.24, 2.45) is 0 Å². The van der Waals surface area contributed by atoms with Crippen LogP contribution >= 0.6 is 0 Å². The van der Waals surface area contributed by atoms with E-state index < -0.39 is 9.84 Å². The van der Waals surface area contributed by atoms with Crippen LogP contribution in [0, 0.1) is 20.8 Å². The van der Waals surface area contributed by atoms with Crippen molar-refractivity contribution in [1.82, 2.24) is 9.78 Å². The molecule has 142 valence electrons. The average Bonchev–Trinajstić information content (AvgIpc) is 3.27. The van der Waals surface area contributed by atoms with Crippen molar-refractivity contribution in [2.45, 2.75) is 33.2 Å². The number of nitrogens with one attached hydrogen (secondary N) is 1. The van der Waals surface area contributed by atoms with Gasteiger partial charge in [0, 0.05) is 5.39 Å². The predicted molar refractivity (Wildman–Crippen MR) is 103 cm³/mol. The van der Waals surface area contributed by atoms with E-state index in [0.29, 0.717) is 23.4 Å². The lowest BCUT2D eigenvalue weighted by Crippen LogP contribution is -2.15. The highest BCUT2D eigenvalue weighted by Crippen LogP contribution is 2.30. The van der Waals surface area contributed by atoms with Gasteiger partial charge in [0.25, 0.3) is 5.91 Å². The van der Waals surface area contributed by atoms with E-state index in [9.17, 15) is 13.2 Å². The molecule has 1 unspecified atom stereocenters. The predicted octanol–water partition coefficient (Wildman–Crippen LogP) is 3.17. The van der Waals surface area contributed by atoms with Crippen molar-refractivity contribution in [2.75, 3.05) is 16.8 Å². The van der Waals surface area contributed by atoms with Gasteiger partial charge in [-0.05, 0) is 38.8 Å². The Hall–Kier alpha value is -2.61. The van der Waals surface area contributed by atoms with Crippen molar-refractivity contribution >= 4 is 32.4 Å². The second-order valence-electron chi connectivity index (χ2n) is 7.11. The van der Waals surface area contributed by atoms with Gasteiger partial charge in [0.15, 0.2) is 15.6 Å². The van der Waals surface area contributed by atoms with E-state index >= 15 is 0 Å². The van der Waals surface area contributed by atoms with Crippen LogP contribution in [0.4, 0.5) is 5.69 Å². The summed E-state index contributed by atoms with van der Waals surface area (Å²) in [5, 5.41) is 8.22. The van der Waals surface area contributed by atoms with Gasteiger partial charge in [-0.25, -0.2) is 8.42 Å². The number of carbonyl (C=O) groups excluding carboxylic acids is 1. The number of benzene rings is 1. The van der Waals surface area contributed by atoms with Crippen molar-refractivity contribution in [3.8, 4) is 0 Å². The summed E-state index contributed by atoms with van der Waals surface area (Å²) in [6, 6.07) is 7.28. The van der Waals surface area contributed by atoms with Crippen LogP contribution in [0.15, 0.2) is 28.7 Å². The maximum atomic E-state index is 12.7. The van der Waals surface area contributed by atoms with E-state index in [4.69, 9.17) is 4.42 Å². The Bertz CT molecular complexity index is 1160. The number of nitrogens with zero attached hydrogens (tertiary/aromatic N) is 2. The highest BCUT2D eigenvalue weighted by Gasteiger charge is 2.31. The van der Waals surface area contributed by atoms with Crippen molar-refractivity contribution in [3.05, 3.63) is 47.0 Å². The molecule has 1 fully saturated rings. The van der Waals surface area contributed by atoms with Crippen LogP contribution in [0.25, 0.3) is 11.0 Å². The molecule has 1 amide bonds. The van der Waals surface area contributed by atoms with Crippen LogP contribution in [-0.2, 0) is 9.84 Å². The second kappa shape index (κ2) is 6.23. The number of hydrogen-bond acceptors (Lipinski definition) is 5. The van der Waals surface area contributed by atoms with Crippen LogP contribution in [-0.4, -0.2) is 35.6 Å². The lowest BCUT2D eigenvalue weighted by atomic mass is 10.2. The Morgan fingerprint density at radius 2 is 2.07 bits per heavy atom. The number of anilines is 1. The van der Waals surface area contributed by atoms with E-state index in [1.165, 1.54) is 0 Å². The quantitative estimate of drug-likeness (QED) is 0.745. The lowest BCUT2D eigenvalue weighted by molar-refractivity contribution is 0.0998. The smallest absolute Gasteiger partial charge is 0.291 e. The van der Waals surface area contributed by atoms with Gasteiger partial charge in [0.2, 0.25) is 0 Å². The highest BCUT2D eigenvalue weighted by atomic mass is 32.2. The fourth-order valence-corrected chi connectivity index (χ4v) is 5.36. The summed E-state index contributed by atoms with van der Waals surface area (Å²) < 4.78 is 31.0. The van der Waals surface area contributed by atoms with E-state index in [2.05, 4.69) is 10.4 Å². The molecular weight excluding hydrogens is 366 g/mol. The minimum absolute atomic E-state index is 0.0885. The monoisotopic (exact) mass is 387 g/mol. The molecule has 0 radical (unpaired) electrons. The first-order chi connectivity index (χ1) is 12.7. The summed E-state index contributed by atoms with van der Waals surface area (Å²) >= 11 is 0. The summed E-state index contributed by atoms with van der Waals surface area (Å²) in [5.41, 5.74) is 3.66. The van der Waals surface area contributed by atoms with E-state index in [1.54, 1.807) is 17.7 Å². The molecule has 3 heterocycles. The van der Waals surface area contributed by atoms with Crippen LogP contribution in [0.5, 0.6) is 0 Å². The Labute approximate surface area is 157 Å². The number of furan rings is 1. The van der Waals surface area contributed by atoms with Gasteiger partial charge >= 0.3 is 0 Å². The van der Waals surface area contributed by atoms with Crippen molar-refractivity contribution in [1.29, 1.82) is 0 Å². The molecule has 1 N–H and O–H groups in total. The van der Waals surface area contributed by atoms with Gasteiger partial charge in [0.1, 0.15) is 5.58 Å². The number of sulfone groups is 1. The lowest BCUT2D eigenvalue weighted by Gasteiger charge is -2.11. The third-order valence-electron chi connectivity index (χ3n) is 5.08. The Kier molecular flexibility index (Phi) is 4.10. The Morgan fingerprint density at radius 3 is 2.74 bits per heavy atom. The van der Waals surface area contributed by atoms with Gasteiger partial charge in [0.05, 0.1) is 34.6 Å². The fraction of sp³-hybridized carbons (Fsp3) is 0.368. The van der Waals surface area contributed by atoms with Crippen LogP contribution < -0.4 is 5.32 Å². The molecule has 3 aromatic rings. The maximum Gasteiger partial charge on any atom is 0.291 e. The number of fused-ring (bicyclic) bond motifs is 1. The second-order valence-corrected chi connectivity index (χ2v) is 9.33. The molecule has 27 heavy (non-hydrogen) atoms. The van der Waals surface area contributed by atoms with Crippen LogP contribution in [0.3, 0.4) is 0 Å². The molecule has 0 spiro atoms. The first kappa shape index (κ1) is 17.8. The molecule has 1 saturated heterocycles. The molecule has 0 aliphatic carbocycles. The first-order valence-electron chi connectivity index (χ1n) is 8.82. The summed E-state index contributed by atoms with van der Waals surface area (Å²) in [6.07, 6.45) is 0.542. The molecule has 1 aliphatic rings. The number of aromatic nitrogens is 2. The number of rotatable bonds is 3. The van der Waals surface area contributed by atoms with Gasteiger partial charge in [-0.2, -0.15) is 5.10 Å². The van der Waals surface area contributed by atoms with Crippen molar-refractivity contribution < 1.29 is 17.6 Å². The zero-order chi connectivity index (χ0) is 19.3. The van der Waals surface area contributed by atoms with Crippen LogP contribution in [0.2, 0.25) is 0 Å². The normalized spacial score (nSPS) is 18.9. The third-order valence-corrected chi connectivity index (χ3v) is 6.83. The summed E-state index contributed by atoms with van der Waals surface area (Å²) in [4.78, 5) is 12.7. The largest absolute Gasteiger partial charge is 0.451 e. The molecule has 0 saturated carbocycles. The topological polar surface area (TPSA) is 94.2 Å². The Morgan fingerprint density at radius 1 is 1.30 bits per heavy atom. The summed E-state index contributed by atoms with van der Waals surface area (Å²) in [5.74, 6) is 0.144. The van der Waals surface area contributed by atoms with Crippen molar-refractivity contribution in [3.63, 3.8) is 0 Å². The van der Waals surface area contributed by atoms with Crippen LogP contribution in [0.1, 0.15) is 40.0 Å². The third kappa shape index (κ3) is 3.14. The summed E-state index contributed by atoms with van der Waals surface area (Å²) in [7, 11) is -3.01. The number of para-hydroxylation sites is 1. The molecular formula is C19H21N3O4S. The van der Waals surface area contributed by atoms with E-state index in [-0.39, 0.29) is 29.2 Å². The fourth-order valence-electron chi connectivity index (χ4n) is 3.66. The first-order valence-corrected chi connectivity index (χ1v) is 10.6. The molecule has 4 rings (SSSR count). The number of hydrogen-bond donors (Lipinski definition) is 1. The molecule has 1 aromatic carbocycles. The van der Waals surface area contributed by atoms with Gasteiger partial charge < -0.3 is 9.73 Å². The van der Waals surface area contributed by atoms with Gasteiger partial charge in [-0.1, -0.05) is 18.2 Å². The molecule has 1 aliphatic heterocycles. The number of aryl methyl sites for hydroxylation is 2. The molecule has 0 bridgehead atoms. The SMILES string of the molecule is Cc1nn(C2CCS(=O)(=O)C2)c(C)c1NC(=O)c1cc2cccc(C)c2o1.